The maximum Gasteiger partial charge on any atom is 0.251 e. The van der Waals surface area contributed by atoms with Crippen LogP contribution in [0.15, 0.2) is 30.3 Å². The molecule has 3 rings (SSSR count). The highest BCUT2D eigenvalue weighted by Crippen LogP contribution is 2.24. The van der Waals surface area contributed by atoms with Crippen molar-refractivity contribution in [2.75, 3.05) is 0 Å². The Labute approximate surface area is 157 Å². The standard InChI is InChI=1S/C20H23N3O2S/c1-12-19(26-14(3)21-12)13(2)22-18(24)11-6-15-4-7-16(8-5-15)20(25)23-17-9-10-17/h4-8,11,13,17H,9-10H2,1-3H3,(H,22,24)(H,23,25)/b11-6-/t13-/m1/s1. The zero-order chi connectivity index (χ0) is 18.7. The van der Waals surface area contributed by atoms with Crippen molar-refractivity contribution in [1.29, 1.82) is 0 Å². The lowest BCUT2D eigenvalue weighted by Crippen LogP contribution is -2.25. The number of benzene rings is 1. The molecule has 1 aromatic heterocycles. The molecule has 0 saturated heterocycles. The largest absolute Gasteiger partial charge is 0.349 e. The first-order valence-corrected chi connectivity index (χ1v) is 9.57. The van der Waals surface area contributed by atoms with Crippen LogP contribution in [0, 0.1) is 13.8 Å². The topological polar surface area (TPSA) is 71.1 Å². The van der Waals surface area contributed by atoms with E-state index in [1.807, 2.05) is 32.9 Å². The van der Waals surface area contributed by atoms with Crippen LogP contribution in [0.3, 0.4) is 0 Å². The van der Waals surface area contributed by atoms with Crippen LogP contribution in [0.25, 0.3) is 6.08 Å². The molecule has 2 N–H and O–H groups in total. The van der Waals surface area contributed by atoms with Gasteiger partial charge < -0.3 is 10.6 Å². The molecule has 26 heavy (non-hydrogen) atoms. The van der Waals surface area contributed by atoms with Gasteiger partial charge >= 0.3 is 0 Å². The number of rotatable bonds is 6. The van der Waals surface area contributed by atoms with Crippen molar-refractivity contribution >= 4 is 29.2 Å². The van der Waals surface area contributed by atoms with Gasteiger partial charge in [0.05, 0.1) is 16.7 Å². The van der Waals surface area contributed by atoms with Gasteiger partial charge in [0.25, 0.3) is 5.91 Å². The fourth-order valence-electron chi connectivity index (χ4n) is 2.69. The number of aromatic nitrogens is 1. The lowest BCUT2D eigenvalue weighted by Gasteiger charge is -2.11. The third-order valence-electron chi connectivity index (χ3n) is 4.20. The molecule has 0 bridgehead atoms. The first-order valence-electron chi connectivity index (χ1n) is 8.76. The van der Waals surface area contributed by atoms with Gasteiger partial charge in [-0.05, 0) is 57.4 Å². The number of hydrogen-bond acceptors (Lipinski definition) is 4. The fraction of sp³-hybridized carbons (Fsp3) is 0.350. The van der Waals surface area contributed by atoms with Gasteiger partial charge in [0.15, 0.2) is 0 Å². The van der Waals surface area contributed by atoms with Gasteiger partial charge in [-0.3, -0.25) is 9.59 Å². The molecule has 1 aliphatic rings. The van der Waals surface area contributed by atoms with Crippen LogP contribution in [0.4, 0.5) is 0 Å². The average molecular weight is 369 g/mol. The van der Waals surface area contributed by atoms with E-state index in [-0.39, 0.29) is 17.9 Å². The highest BCUT2D eigenvalue weighted by atomic mass is 32.1. The predicted octanol–water partition coefficient (Wildman–Crippen LogP) is 3.54. The molecule has 0 aliphatic heterocycles. The molecular formula is C20H23N3O2S. The van der Waals surface area contributed by atoms with Gasteiger partial charge in [-0.15, -0.1) is 11.3 Å². The lowest BCUT2D eigenvalue weighted by molar-refractivity contribution is -0.117. The zero-order valence-corrected chi connectivity index (χ0v) is 16.0. The first-order chi connectivity index (χ1) is 12.4. The number of carbonyl (C=O) groups excluding carboxylic acids is 2. The summed E-state index contributed by atoms with van der Waals surface area (Å²) in [5.41, 5.74) is 2.48. The van der Waals surface area contributed by atoms with Gasteiger partial charge in [-0.1, -0.05) is 12.1 Å². The Bertz CT molecular complexity index is 835. The zero-order valence-electron chi connectivity index (χ0n) is 15.2. The highest BCUT2D eigenvalue weighted by molar-refractivity contribution is 7.11. The summed E-state index contributed by atoms with van der Waals surface area (Å²) in [5, 5.41) is 6.92. The molecule has 1 saturated carbocycles. The molecule has 6 heteroatoms. The molecule has 1 fully saturated rings. The number of carbonyl (C=O) groups is 2. The lowest BCUT2D eigenvalue weighted by atomic mass is 10.1. The maximum absolute atomic E-state index is 12.1. The summed E-state index contributed by atoms with van der Waals surface area (Å²) in [5.74, 6) is -0.191. The summed E-state index contributed by atoms with van der Waals surface area (Å²) in [6.45, 7) is 5.88. The van der Waals surface area contributed by atoms with Crippen LogP contribution in [-0.4, -0.2) is 22.8 Å². The molecule has 2 amide bonds. The molecule has 136 valence electrons. The molecule has 0 spiro atoms. The molecule has 2 aromatic rings. The summed E-state index contributed by atoms with van der Waals surface area (Å²) >= 11 is 1.60. The second kappa shape index (κ2) is 7.83. The Kier molecular flexibility index (Phi) is 5.52. The molecule has 1 aromatic carbocycles. The Morgan fingerprint density at radius 1 is 1.23 bits per heavy atom. The van der Waals surface area contributed by atoms with E-state index in [0.717, 1.165) is 34.0 Å². The highest BCUT2D eigenvalue weighted by Gasteiger charge is 2.23. The molecule has 1 aliphatic carbocycles. The van der Waals surface area contributed by atoms with Gasteiger partial charge in [0.2, 0.25) is 5.91 Å². The van der Waals surface area contributed by atoms with Crippen molar-refractivity contribution in [2.45, 2.75) is 45.7 Å². The fourth-order valence-corrected chi connectivity index (χ4v) is 3.62. The van der Waals surface area contributed by atoms with E-state index in [1.54, 1.807) is 29.5 Å². The quantitative estimate of drug-likeness (QED) is 0.765. The summed E-state index contributed by atoms with van der Waals surface area (Å²) < 4.78 is 0. The van der Waals surface area contributed by atoms with Crippen LogP contribution in [0.1, 0.15) is 57.3 Å². The van der Waals surface area contributed by atoms with E-state index in [9.17, 15) is 9.59 Å². The monoisotopic (exact) mass is 369 g/mol. The van der Waals surface area contributed by atoms with Gasteiger partial charge in [-0.2, -0.15) is 0 Å². The summed E-state index contributed by atoms with van der Waals surface area (Å²) in [6, 6.07) is 7.51. The third kappa shape index (κ3) is 4.79. The van der Waals surface area contributed by atoms with Gasteiger partial charge in [0.1, 0.15) is 0 Å². The summed E-state index contributed by atoms with van der Waals surface area (Å²) in [4.78, 5) is 29.6. The first kappa shape index (κ1) is 18.3. The van der Waals surface area contributed by atoms with Crippen molar-refractivity contribution < 1.29 is 9.59 Å². The minimum absolute atomic E-state index is 0.0372. The predicted molar refractivity (Wildman–Crippen MR) is 104 cm³/mol. The maximum atomic E-state index is 12.1. The Morgan fingerprint density at radius 2 is 1.92 bits per heavy atom. The van der Waals surface area contributed by atoms with E-state index in [4.69, 9.17) is 0 Å². The SMILES string of the molecule is Cc1nc(C)c([C@@H](C)NC(=O)/C=C\c2ccc(C(=O)NC3CC3)cc2)s1. The second-order valence-electron chi connectivity index (χ2n) is 6.62. The van der Waals surface area contributed by atoms with Crippen molar-refractivity contribution in [2.24, 2.45) is 0 Å². The van der Waals surface area contributed by atoms with E-state index in [0.29, 0.717) is 11.6 Å². The van der Waals surface area contributed by atoms with Crippen LogP contribution in [0.5, 0.6) is 0 Å². The molecule has 0 radical (unpaired) electrons. The number of nitrogens with zero attached hydrogens (tertiary/aromatic N) is 1. The summed E-state index contributed by atoms with van der Waals surface area (Å²) in [7, 11) is 0. The average Bonchev–Trinajstić information content (AvgIpc) is 3.35. The molecule has 0 unspecified atom stereocenters. The van der Waals surface area contributed by atoms with E-state index in [2.05, 4.69) is 15.6 Å². The third-order valence-corrected chi connectivity index (χ3v) is 5.46. The number of hydrogen-bond donors (Lipinski definition) is 2. The van der Waals surface area contributed by atoms with Crippen molar-refractivity contribution in [3.63, 3.8) is 0 Å². The molecule has 5 nitrogen and oxygen atoms in total. The molecule has 1 heterocycles. The molecular weight excluding hydrogens is 346 g/mol. The van der Waals surface area contributed by atoms with Crippen LogP contribution in [-0.2, 0) is 4.79 Å². The number of amides is 2. The van der Waals surface area contributed by atoms with Crippen LogP contribution >= 0.6 is 11.3 Å². The van der Waals surface area contributed by atoms with Crippen molar-refractivity contribution in [3.05, 3.63) is 57.0 Å². The van der Waals surface area contributed by atoms with Gasteiger partial charge in [0, 0.05) is 22.6 Å². The van der Waals surface area contributed by atoms with E-state index >= 15 is 0 Å². The van der Waals surface area contributed by atoms with E-state index < -0.39 is 0 Å². The minimum atomic E-state index is -0.154. The second-order valence-corrected chi connectivity index (χ2v) is 7.85. The Morgan fingerprint density at radius 3 is 2.50 bits per heavy atom. The molecule has 1 atom stereocenters. The Hall–Kier alpha value is -2.47. The minimum Gasteiger partial charge on any atom is -0.349 e. The van der Waals surface area contributed by atoms with Crippen LogP contribution in [0.2, 0.25) is 0 Å². The number of aryl methyl sites for hydroxylation is 2. The van der Waals surface area contributed by atoms with Crippen LogP contribution < -0.4 is 10.6 Å². The summed E-state index contributed by atoms with van der Waals surface area (Å²) in [6.07, 6.45) is 5.40. The van der Waals surface area contributed by atoms with Crippen molar-refractivity contribution in [3.8, 4) is 0 Å². The normalized spacial score (nSPS) is 15.0. The Balaban J connectivity index is 1.55. The van der Waals surface area contributed by atoms with Crippen molar-refractivity contribution in [1.82, 2.24) is 15.6 Å². The number of thiazole rings is 1. The van der Waals surface area contributed by atoms with E-state index in [1.165, 1.54) is 6.08 Å². The van der Waals surface area contributed by atoms with Gasteiger partial charge in [-0.25, -0.2) is 4.98 Å². The smallest absolute Gasteiger partial charge is 0.251 e. The number of nitrogens with one attached hydrogen (secondary N) is 2.